The van der Waals surface area contributed by atoms with E-state index in [1.807, 2.05) is 6.92 Å². The molecule has 20 heavy (non-hydrogen) atoms. The molecule has 4 heteroatoms. The largest absolute Gasteiger partial charge is 0.394 e. The number of nitrogens with one attached hydrogen (secondary N) is 1. The highest BCUT2D eigenvalue weighted by Gasteiger charge is 2.22. The number of pyridine rings is 1. The van der Waals surface area contributed by atoms with Gasteiger partial charge in [-0.3, -0.25) is 0 Å². The Morgan fingerprint density at radius 3 is 2.55 bits per heavy atom. The minimum atomic E-state index is -0.0408. The highest BCUT2D eigenvalue weighted by molar-refractivity contribution is 5.60. The van der Waals surface area contributed by atoms with Gasteiger partial charge in [0.2, 0.25) is 0 Å². The van der Waals surface area contributed by atoms with E-state index in [1.165, 1.54) is 17.5 Å². The summed E-state index contributed by atoms with van der Waals surface area (Å²) in [5, 5.41) is 22.1. The van der Waals surface area contributed by atoms with E-state index in [0.29, 0.717) is 11.4 Å². The van der Waals surface area contributed by atoms with Crippen molar-refractivity contribution >= 4 is 5.82 Å². The van der Waals surface area contributed by atoms with Gasteiger partial charge in [0.25, 0.3) is 0 Å². The molecule has 2 rings (SSSR count). The van der Waals surface area contributed by atoms with Crippen LogP contribution in [-0.2, 0) is 19.3 Å². The first-order valence-corrected chi connectivity index (χ1v) is 7.57. The van der Waals surface area contributed by atoms with Crippen LogP contribution in [0.3, 0.4) is 0 Å². The van der Waals surface area contributed by atoms with Crippen molar-refractivity contribution in [2.45, 2.75) is 58.4 Å². The van der Waals surface area contributed by atoms with Gasteiger partial charge in [-0.25, -0.2) is 4.98 Å². The number of aliphatic hydroxyl groups is 1. The maximum Gasteiger partial charge on any atom is 0.144 e. The molecule has 4 nitrogen and oxygen atoms in total. The van der Waals surface area contributed by atoms with Crippen LogP contribution in [0.2, 0.25) is 0 Å². The lowest BCUT2D eigenvalue weighted by Crippen LogP contribution is -2.25. The van der Waals surface area contributed by atoms with Crippen LogP contribution in [0.1, 0.15) is 55.5 Å². The SMILES string of the molecule is CCc1nc(NC(CC)CO)c(C#N)c2c1CCCC2. The molecule has 0 fully saturated rings. The third-order valence-corrected chi connectivity index (χ3v) is 4.10. The lowest BCUT2D eigenvalue weighted by Gasteiger charge is -2.24. The molecule has 1 aliphatic rings. The monoisotopic (exact) mass is 273 g/mol. The van der Waals surface area contributed by atoms with Gasteiger partial charge in [-0.15, -0.1) is 0 Å². The quantitative estimate of drug-likeness (QED) is 0.865. The van der Waals surface area contributed by atoms with Crippen LogP contribution in [0.25, 0.3) is 0 Å². The number of nitrogens with zero attached hydrogens (tertiary/aromatic N) is 2. The van der Waals surface area contributed by atoms with E-state index in [1.54, 1.807) is 0 Å². The average Bonchev–Trinajstić information content (AvgIpc) is 2.51. The Kier molecular flexibility index (Phi) is 4.97. The minimum Gasteiger partial charge on any atom is -0.394 e. The molecule has 0 saturated heterocycles. The first-order chi connectivity index (χ1) is 9.74. The summed E-state index contributed by atoms with van der Waals surface area (Å²) < 4.78 is 0. The summed E-state index contributed by atoms with van der Waals surface area (Å²) in [4.78, 5) is 4.67. The summed E-state index contributed by atoms with van der Waals surface area (Å²) >= 11 is 0. The number of anilines is 1. The zero-order valence-electron chi connectivity index (χ0n) is 12.4. The van der Waals surface area contributed by atoms with Gasteiger partial charge in [-0.2, -0.15) is 5.26 Å². The zero-order valence-corrected chi connectivity index (χ0v) is 12.4. The van der Waals surface area contributed by atoms with Crippen molar-refractivity contribution < 1.29 is 5.11 Å². The molecular formula is C16H23N3O. The molecular weight excluding hydrogens is 250 g/mol. The number of hydrogen-bond donors (Lipinski definition) is 2. The molecule has 0 aromatic carbocycles. The Morgan fingerprint density at radius 1 is 1.30 bits per heavy atom. The van der Waals surface area contributed by atoms with Crippen LogP contribution < -0.4 is 5.32 Å². The van der Waals surface area contributed by atoms with Crippen molar-refractivity contribution in [2.24, 2.45) is 0 Å². The van der Waals surface area contributed by atoms with Crippen molar-refractivity contribution in [2.75, 3.05) is 11.9 Å². The fourth-order valence-electron chi connectivity index (χ4n) is 2.89. The summed E-state index contributed by atoms with van der Waals surface area (Å²) in [5.74, 6) is 0.658. The van der Waals surface area contributed by atoms with E-state index in [0.717, 1.165) is 37.8 Å². The Labute approximate surface area is 120 Å². The maximum absolute atomic E-state index is 9.50. The summed E-state index contributed by atoms with van der Waals surface area (Å²) in [7, 11) is 0. The predicted octanol–water partition coefficient (Wildman–Crippen LogP) is 2.58. The number of aryl methyl sites for hydroxylation is 1. The highest BCUT2D eigenvalue weighted by Crippen LogP contribution is 2.31. The van der Waals surface area contributed by atoms with Crippen LogP contribution in [-0.4, -0.2) is 22.7 Å². The van der Waals surface area contributed by atoms with Gasteiger partial charge in [0, 0.05) is 5.69 Å². The zero-order chi connectivity index (χ0) is 14.5. The Bertz CT molecular complexity index is 515. The fraction of sp³-hybridized carbons (Fsp3) is 0.625. The second kappa shape index (κ2) is 6.71. The molecule has 2 N–H and O–H groups in total. The number of nitriles is 1. The Balaban J connectivity index is 2.48. The summed E-state index contributed by atoms with van der Waals surface area (Å²) in [6, 6.07) is 2.28. The molecule has 1 heterocycles. The first kappa shape index (κ1) is 14.8. The molecule has 0 aliphatic heterocycles. The van der Waals surface area contributed by atoms with E-state index >= 15 is 0 Å². The van der Waals surface area contributed by atoms with Crippen molar-refractivity contribution in [3.05, 3.63) is 22.4 Å². The molecule has 1 atom stereocenters. The standard InChI is InChI=1S/C16H23N3O/c1-3-11(10-20)18-16-14(9-17)12-7-5-6-8-13(12)15(4-2)19-16/h11,20H,3-8,10H2,1-2H3,(H,18,19). The summed E-state index contributed by atoms with van der Waals surface area (Å²) in [6.07, 6.45) is 6.04. The molecule has 1 unspecified atom stereocenters. The lowest BCUT2D eigenvalue weighted by molar-refractivity contribution is 0.271. The van der Waals surface area contributed by atoms with Gasteiger partial charge >= 0.3 is 0 Å². The lowest BCUT2D eigenvalue weighted by atomic mass is 9.87. The van der Waals surface area contributed by atoms with E-state index < -0.39 is 0 Å². The molecule has 1 aromatic heterocycles. The second-order valence-electron chi connectivity index (χ2n) is 5.34. The third-order valence-electron chi connectivity index (χ3n) is 4.10. The van der Waals surface area contributed by atoms with E-state index in [2.05, 4.69) is 23.3 Å². The number of aromatic nitrogens is 1. The molecule has 0 bridgehead atoms. The molecule has 1 aliphatic carbocycles. The van der Waals surface area contributed by atoms with Crippen LogP contribution in [0.15, 0.2) is 0 Å². The number of rotatable bonds is 5. The normalized spacial score (nSPS) is 15.3. The first-order valence-electron chi connectivity index (χ1n) is 7.57. The van der Waals surface area contributed by atoms with Crippen molar-refractivity contribution in [1.82, 2.24) is 4.98 Å². The van der Waals surface area contributed by atoms with Gasteiger partial charge in [0.05, 0.1) is 18.2 Å². The van der Waals surface area contributed by atoms with Gasteiger partial charge in [-0.05, 0) is 49.7 Å². The van der Waals surface area contributed by atoms with Crippen LogP contribution in [0, 0.1) is 11.3 Å². The molecule has 0 saturated carbocycles. The number of aliphatic hydroxyl groups excluding tert-OH is 1. The molecule has 0 radical (unpaired) electrons. The smallest absolute Gasteiger partial charge is 0.144 e. The van der Waals surface area contributed by atoms with Crippen molar-refractivity contribution in [1.29, 1.82) is 5.26 Å². The fourth-order valence-corrected chi connectivity index (χ4v) is 2.89. The molecule has 0 spiro atoms. The van der Waals surface area contributed by atoms with Crippen LogP contribution in [0.5, 0.6) is 0 Å². The summed E-state index contributed by atoms with van der Waals surface area (Å²) in [6.45, 7) is 4.18. The summed E-state index contributed by atoms with van der Waals surface area (Å²) in [5.41, 5.74) is 4.26. The van der Waals surface area contributed by atoms with E-state index in [-0.39, 0.29) is 12.6 Å². The van der Waals surface area contributed by atoms with Gasteiger partial charge < -0.3 is 10.4 Å². The van der Waals surface area contributed by atoms with Crippen LogP contribution in [0.4, 0.5) is 5.82 Å². The molecule has 108 valence electrons. The number of hydrogen-bond acceptors (Lipinski definition) is 4. The topological polar surface area (TPSA) is 68.9 Å². The van der Waals surface area contributed by atoms with Gasteiger partial charge in [0.1, 0.15) is 11.9 Å². The molecule has 0 amide bonds. The highest BCUT2D eigenvalue weighted by atomic mass is 16.3. The Morgan fingerprint density at radius 2 is 2.00 bits per heavy atom. The second-order valence-corrected chi connectivity index (χ2v) is 5.34. The van der Waals surface area contributed by atoms with Gasteiger partial charge in [0.15, 0.2) is 0 Å². The minimum absolute atomic E-state index is 0.0408. The number of fused-ring (bicyclic) bond motifs is 1. The van der Waals surface area contributed by atoms with E-state index in [9.17, 15) is 10.4 Å². The van der Waals surface area contributed by atoms with Crippen LogP contribution >= 0.6 is 0 Å². The Hall–Kier alpha value is -1.60. The van der Waals surface area contributed by atoms with E-state index in [4.69, 9.17) is 0 Å². The third kappa shape index (κ3) is 2.78. The molecule has 1 aromatic rings. The average molecular weight is 273 g/mol. The van der Waals surface area contributed by atoms with Gasteiger partial charge in [-0.1, -0.05) is 13.8 Å². The van der Waals surface area contributed by atoms with Crippen molar-refractivity contribution in [3.63, 3.8) is 0 Å². The maximum atomic E-state index is 9.50. The predicted molar refractivity (Wildman–Crippen MR) is 79.8 cm³/mol. The van der Waals surface area contributed by atoms with Crippen molar-refractivity contribution in [3.8, 4) is 6.07 Å².